The van der Waals surface area contributed by atoms with E-state index in [0.717, 1.165) is 42.0 Å². The molecule has 0 atom stereocenters. The van der Waals surface area contributed by atoms with E-state index in [1.165, 1.54) is 18.4 Å². The number of rotatable bonds is 8. The maximum absolute atomic E-state index is 6.37. The lowest BCUT2D eigenvalue weighted by Crippen LogP contribution is -2.36. The highest BCUT2D eigenvalue weighted by Gasteiger charge is 2.21. The highest BCUT2D eigenvalue weighted by atomic mass is 35.5. The molecule has 5 rings (SSSR count). The van der Waals surface area contributed by atoms with E-state index in [1.807, 2.05) is 22.9 Å². The topological polar surface area (TPSA) is 59.8 Å². The number of benzene rings is 2. The lowest BCUT2D eigenvalue weighted by atomic mass is 9.91. The third-order valence-corrected chi connectivity index (χ3v) is 7.04. The van der Waals surface area contributed by atoms with E-state index in [4.69, 9.17) is 26.1 Å². The van der Waals surface area contributed by atoms with Crippen LogP contribution in [0.15, 0.2) is 67.0 Å². The first-order valence-electron chi connectivity index (χ1n) is 12.1. The van der Waals surface area contributed by atoms with Gasteiger partial charge in [-0.15, -0.1) is 0 Å². The van der Waals surface area contributed by atoms with Crippen LogP contribution in [-0.2, 0) is 6.54 Å². The molecule has 0 spiro atoms. The minimum absolute atomic E-state index is 0.474. The van der Waals surface area contributed by atoms with Crippen molar-refractivity contribution in [3.05, 3.63) is 77.6 Å². The molecule has 0 unspecified atom stereocenters. The Morgan fingerprint density at radius 1 is 0.943 bits per heavy atom. The molecule has 4 aromatic rings. The number of fused-ring (bicyclic) bond motifs is 1. The molecule has 2 N–H and O–H groups in total. The monoisotopic (exact) mass is 490 g/mol. The number of hydrogen-bond acceptors (Lipinski definition) is 5. The summed E-state index contributed by atoms with van der Waals surface area (Å²) in [4.78, 5) is 4.84. The summed E-state index contributed by atoms with van der Waals surface area (Å²) >= 11 is 6.37. The molecule has 0 amide bonds. The summed E-state index contributed by atoms with van der Waals surface area (Å²) in [6, 6.07) is 19.5. The molecule has 1 saturated carbocycles. The minimum Gasteiger partial charge on any atom is -0.496 e. The Morgan fingerprint density at radius 2 is 1.69 bits per heavy atom. The second-order valence-corrected chi connectivity index (χ2v) is 9.46. The third-order valence-electron chi connectivity index (χ3n) is 6.75. The second kappa shape index (κ2) is 10.6. The summed E-state index contributed by atoms with van der Waals surface area (Å²) < 4.78 is 12.9. The van der Waals surface area contributed by atoms with E-state index in [0.29, 0.717) is 28.6 Å². The molecule has 2 heterocycles. The van der Waals surface area contributed by atoms with Crippen LogP contribution in [0.1, 0.15) is 31.2 Å². The minimum atomic E-state index is 0.474. The molecule has 1 fully saturated rings. The van der Waals surface area contributed by atoms with Crippen molar-refractivity contribution in [1.29, 1.82) is 0 Å². The summed E-state index contributed by atoms with van der Waals surface area (Å²) in [5.74, 6) is 1.25. The van der Waals surface area contributed by atoms with Gasteiger partial charge in [-0.3, -0.25) is 0 Å². The van der Waals surface area contributed by atoms with Gasteiger partial charge in [-0.05, 0) is 43.4 Å². The molecule has 0 radical (unpaired) electrons. The number of anilines is 1. The van der Waals surface area contributed by atoms with Gasteiger partial charge in [0, 0.05) is 54.4 Å². The maximum Gasteiger partial charge on any atom is 0.141 e. The lowest BCUT2D eigenvalue weighted by molar-refractivity contribution is 0.353. The predicted octanol–water partition coefficient (Wildman–Crippen LogP) is 6.18. The van der Waals surface area contributed by atoms with Crippen LogP contribution in [0.4, 0.5) is 5.69 Å². The van der Waals surface area contributed by atoms with Gasteiger partial charge in [0.2, 0.25) is 0 Å². The van der Waals surface area contributed by atoms with Crippen molar-refractivity contribution >= 4 is 22.9 Å². The molecule has 1 aliphatic carbocycles. The molecule has 2 aromatic carbocycles. The maximum atomic E-state index is 6.37. The van der Waals surface area contributed by atoms with Crippen LogP contribution >= 0.6 is 11.6 Å². The summed E-state index contributed by atoms with van der Waals surface area (Å²) in [5.41, 5.74) is 4.94. The first kappa shape index (κ1) is 23.5. The van der Waals surface area contributed by atoms with Gasteiger partial charge in [0.1, 0.15) is 17.1 Å². The van der Waals surface area contributed by atoms with Crippen LogP contribution in [0.5, 0.6) is 11.5 Å². The number of imidazole rings is 1. The van der Waals surface area contributed by atoms with Crippen LogP contribution < -0.4 is 20.1 Å². The first-order chi connectivity index (χ1) is 17.1. The average Bonchev–Trinajstić information content (AvgIpc) is 3.32. The fourth-order valence-electron chi connectivity index (χ4n) is 4.80. The molecule has 2 aromatic heterocycles. The molecule has 7 heteroatoms. The Hall–Kier alpha value is -3.22. The standard InChI is InChI=1S/C28H31ClN4O2/c1-34-26-16-27(35-2)24(29)15-23(26)25-18-33-13-12-22(14-28(33)32-25)31-21-10-8-20(9-11-21)30-17-19-6-4-3-5-7-19/h3-7,12-16,18,20-21,30-31H,8-11,17H2,1-2H3/t20-,21+. The van der Waals surface area contributed by atoms with E-state index < -0.39 is 0 Å². The van der Waals surface area contributed by atoms with Gasteiger partial charge in [0.05, 0.1) is 24.9 Å². The smallest absolute Gasteiger partial charge is 0.141 e. The number of nitrogens with one attached hydrogen (secondary N) is 2. The zero-order chi connectivity index (χ0) is 24.2. The summed E-state index contributed by atoms with van der Waals surface area (Å²) in [7, 11) is 3.23. The lowest BCUT2D eigenvalue weighted by Gasteiger charge is -2.30. The Balaban J connectivity index is 1.23. The quantitative estimate of drug-likeness (QED) is 0.308. The second-order valence-electron chi connectivity index (χ2n) is 9.05. The van der Waals surface area contributed by atoms with Crippen LogP contribution in [-0.4, -0.2) is 35.7 Å². The van der Waals surface area contributed by atoms with E-state index in [2.05, 4.69) is 53.1 Å². The number of pyridine rings is 1. The summed E-state index contributed by atoms with van der Waals surface area (Å²) in [6.45, 7) is 0.937. The average molecular weight is 491 g/mol. The molecule has 0 aliphatic heterocycles. The molecule has 0 saturated heterocycles. The molecule has 182 valence electrons. The highest BCUT2D eigenvalue weighted by Crippen LogP contribution is 2.38. The zero-order valence-corrected chi connectivity index (χ0v) is 20.9. The van der Waals surface area contributed by atoms with Gasteiger partial charge in [-0.1, -0.05) is 41.9 Å². The van der Waals surface area contributed by atoms with Crippen molar-refractivity contribution in [2.45, 2.75) is 44.3 Å². The fourth-order valence-corrected chi connectivity index (χ4v) is 5.04. The Bertz CT molecular complexity index is 1280. The number of hydrogen-bond donors (Lipinski definition) is 2. The van der Waals surface area contributed by atoms with E-state index in [-0.39, 0.29) is 0 Å². The van der Waals surface area contributed by atoms with Crippen molar-refractivity contribution in [2.24, 2.45) is 0 Å². The highest BCUT2D eigenvalue weighted by molar-refractivity contribution is 6.32. The van der Waals surface area contributed by atoms with Gasteiger partial charge in [-0.25, -0.2) is 4.98 Å². The van der Waals surface area contributed by atoms with Crippen molar-refractivity contribution in [3.63, 3.8) is 0 Å². The molecule has 0 bridgehead atoms. The number of nitrogens with zero attached hydrogens (tertiary/aromatic N) is 2. The molecule has 6 nitrogen and oxygen atoms in total. The van der Waals surface area contributed by atoms with Crippen LogP contribution in [0.3, 0.4) is 0 Å². The van der Waals surface area contributed by atoms with E-state index >= 15 is 0 Å². The summed E-state index contributed by atoms with van der Waals surface area (Å²) in [6.07, 6.45) is 8.69. The first-order valence-corrected chi connectivity index (χ1v) is 12.4. The fraction of sp³-hybridized carbons (Fsp3) is 0.321. The van der Waals surface area contributed by atoms with Crippen molar-refractivity contribution < 1.29 is 9.47 Å². The zero-order valence-electron chi connectivity index (χ0n) is 20.1. The summed E-state index contributed by atoms with van der Waals surface area (Å²) in [5, 5.41) is 7.96. The molecule has 35 heavy (non-hydrogen) atoms. The van der Waals surface area contributed by atoms with Crippen LogP contribution in [0.2, 0.25) is 5.02 Å². The third kappa shape index (κ3) is 5.39. The number of aromatic nitrogens is 2. The van der Waals surface area contributed by atoms with Gasteiger partial charge < -0.3 is 24.5 Å². The van der Waals surface area contributed by atoms with Crippen LogP contribution in [0, 0.1) is 0 Å². The normalized spacial score (nSPS) is 17.9. The number of halogens is 1. The van der Waals surface area contributed by atoms with Gasteiger partial charge in [-0.2, -0.15) is 0 Å². The molecular formula is C28H31ClN4O2. The van der Waals surface area contributed by atoms with Crippen molar-refractivity contribution in [1.82, 2.24) is 14.7 Å². The number of methoxy groups -OCH3 is 2. The Kier molecular flexibility index (Phi) is 7.11. The van der Waals surface area contributed by atoms with E-state index in [1.54, 1.807) is 20.3 Å². The van der Waals surface area contributed by atoms with Gasteiger partial charge in [0.15, 0.2) is 0 Å². The van der Waals surface area contributed by atoms with Crippen LogP contribution in [0.25, 0.3) is 16.9 Å². The molecular weight excluding hydrogens is 460 g/mol. The van der Waals surface area contributed by atoms with E-state index in [9.17, 15) is 0 Å². The Morgan fingerprint density at radius 3 is 2.43 bits per heavy atom. The SMILES string of the molecule is COc1cc(OC)c(-c2cn3ccc(N[C@H]4CC[C@@H](NCc5ccccc5)CC4)cc3n2)cc1Cl. The number of ether oxygens (including phenoxy) is 2. The largest absolute Gasteiger partial charge is 0.496 e. The molecule has 1 aliphatic rings. The van der Waals surface area contributed by atoms with Gasteiger partial charge in [0.25, 0.3) is 0 Å². The van der Waals surface area contributed by atoms with Crippen molar-refractivity contribution in [2.75, 3.05) is 19.5 Å². The van der Waals surface area contributed by atoms with Gasteiger partial charge >= 0.3 is 0 Å². The Labute approximate surface area is 211 Å². The van der Waals surface area contributed by atoms with Crippen molar-refractivity contribution in [3.8, 4) is 22.8 Å². The predicted molar refractivity (Wildman–Crippen MR) is 142 cm³/mol.